The van der Waals surface area contributed by atoms with Gasteiger partial charge in [-0.25, -0.2) is 14.0 Å². The van der Waals surface area contributed by atoms with Crippen LogP contribution in [0.15, 0.2) is 54.6 Å². The summed E-state index contributed by atoms with van der Waals surface area (Å²) in [6.45, 7) is 21.7. The van der Waals surface area contributed by atoms with Gasteiger partial charge in [0.05, 0.1) is 33.4 Å². The zero-order valence-electron chi connectivity index (χ0n) is 52.2. The van der Waals surface area contributed by atoms with E-state index in [0.29, 0.717) is 35.0 Å². The smallest absolute Gasteiger partial charge is 0.410 e. The van der Waals surface area contributed by atoms with E-state index in [2.05, 4.69) is 36.4 Å². The molecule has 9 saturated heterocycles. The molecule has 9 fully saturated rings. The fraction of sp³-hybridized carbons (Fsp3) is 0.500. The van der Waals surface area contributed by atoms with E-state index in [1.54, 1.807) is 40.1 Å². The van der Waals surface area contributed by atoms with Crippen molar-refractivity contribution in [3.05, 3.63) is 93.8 Å². The Kier molecular flexibility index (Phi) is 15.9. The third-order valence-corrected chi connectivity index (χ3v) is 18.5. The van der Waals surface area contributed by atoms with Crippen LogP contribution < -0.4 is 36.4 Å². The number of hydrogen-bond donors (Lipinski definition) is 5. The molecular weight excluding hydrogens is 1210 g/mol. The van der Waals surface area contributed by atoms with Crippen molar-refractivity contribution in [1.29, 1.82) is 0 Å². The highest BCUT2D eigenvalue weighted by atomic mass is 19.1. The van der Waals surface area contributed by atoms with Crippen LogP contribution in [-0.2, 0) is 38.2 Å². The van der Waals surface area contributed by atoms with Crippen molar-refractivity contribution in [1.82, 2.24) is 51.1 Å². The Morgan fingerprint density at radius 2 is 0.720 bits per heavy atom. The molecular formula is C64H71FN12O16. The first-order chi connectivity index (χ1) is 43.8. The minimum Gasteiger partial charge on any atom is -0.444 e. The van der Waals surface area contributed by atoms with Gasteiger partial charge in [-0.15, -0.1) is 0 Å². The molecule has 12 aliphatic rings. The molecule has 490 valence electrons. The highest BCUT2D eigenvalue weighted by Crippen LogP contribution is 2.44. The van der Waals surface area contributed by atoms with E-state index in [0.717, 1.165) is 104 Å². The van der Waals surface area contributed by atoms with Gasteiger partial charge >= 0.3 is 12.2 Å². The third-order valence-electron chi connectivity index (χ3n) is 18.5. The number of amides is 14. The van der Waals surface area contributed by atoms with Gasteiger partial charge in [0.25, 0.3) is 35.4 Å². The lowest BCUT2D eigenvalue weighted by atomic mass is 9.72. The Balaban J connectivity index is 0.000000124. The minimum atomic E-state index is -1.02. The predicted octanol–water partition coefficient (Wildman–Crippen LogP) is 1.70. The van der Waals surface area contributed by atoms with Crippen molar-refractivity contribution in [2.45, 2.75) is 109 Å². The second kappa shape index (κ2) is 23.3. The number of nitrogens with one attached hydrogen (secondary N) is 5. The molecule has 0 aliphatic carbocycles. The van der Waals surface area contributed by atoms with Crippen LogP contribution in [0.1, 0.15) is 142 Å². The molecule has 0 saturated carbocycles. The van der Waals surface area contributed by atoms with Crippen molar-refractivity contribution in [2.75, 3.05) is 88.3 Å². The van der Waals surface area contributed by atoms with Crippen molar-refractivity contribution in [2.24, 2.45) is 16.2 Å². The Hall–Kier alpha value is -9.51. The van der Waals surface area contributed by atoms with Gasteiger partial charge in [-0.3, -0.25) is 88.2 Å². The summed E-state index contributed by atoms with van der Waals surface area (Å²) in [7, 11) is 0. The topological polar surface area (TPSA) is 340 Å². The molecule has 15 rings (SSSR count). The van der Waals surface area contributed by atoms with Crippen molar-refractivity contribution < 1.29 is 81.0 Å². The number of carbonyl (C=O) groups is 14. The zero-order chi connectivity index (χ0) is 66.6. The van der Waals surface area contributed by atoms with E-state index >= 15 is 0 Å². The summed E-state index contributed by atoms with van der Waals surface area (Å²) in [4.78, 5) is 180. The van der Waals surface area contributed by atoms with E-state index in [4.69, 9.17) is 9.47 Å². The van der Waals surface area contributed by atoms with E-state index in [9.17, 15) is 71.5 Å². The number of imide groups is 6. The highest BCUT2D eigenvalue weighted by molar-refractivity contribution is 6.25. The summed E-state index contributed by atoms with van der Waals surface area (Å²) in [6, 6.07) is 10.7. The molecule has 0 aromatic heterocycles. The SMILES string of the molecule is CC(C)(C)OC(=O)N1CC2(C1)CN(c1ccc3c(c1)C(=O)N(C1CCC(=O)NC1=O)C3=O)C2.CC(C)(C)OC(=O)N1CC2(CNC2)C1.O=C1CCC(N2C(=O)c3ccc(F)cc3C2=O)C(=O)N1.O=C1CCC(N2C(=O)c3ccc(N4CC5(CNC5)C4)cc3C2=O)C(=O)N1. The average Bonchev–Trinajstić information content (AvgIpc) is 1.69. The molecule has 5 N–H and O–H groups in total. The van der Waals surface area contributed by atoms with Gasteiger partial charge in [-0.1, -0.05) is 0 Å². The van der Waals surface area contributed by atoms with Gasteiger partial charge < -0.3 is 39.7 Å². The minimum absolute atomic E-state index is 0.0223. The first-order valence-electron chi connectivity index (χ1n) is 30.9. The Morgan fingerprint density at radius 1 is 0.419 bits per heavy atom. The largest absolute Gasteiger partial charge is 0.444 e. The number of hydrogen-bond acceptors (Lipinski definition) is 20. The number of nitrogens with zero attached hydrogens (tertiary/aromatic N) is 7. The second-order valence-corrected chi connectivity index (χ2v) is 28.1. The van der Waals surface area contributed by atoms with Crippen LogP contribution in [0.3, 0.4) is 0 Å². The molecule has 0 radical (unpaired) electrons. The van der Waals surface area contributed by atoms with E-state index in [1.807, 2.05) is 47.6 Å². The van der Waals surface area contributed by atoms with Crippen LogP contribution >= 0.6 is 0 Å². The number of anilines is 2. The van der Waals surface area contributed by atoms with E-state index in [-0.39, 0.29) is 89.9 Å². The number of carbonyl (C=O) groups excluding carboxylic acids is 14. The summed E-state index contributed by atoms with van der Waals surface area (Å²) in [6.07, 6.45) is 0.175. The van der Waals surface area contributed by atoms with Crippen molar-refractivity contribution in [3.63, 3.8) is 0 Å². The lowest BCUT2D eigenvalue weighted by Crippen LogP contribution is -2.73. The monoisotopic (exact) mass is 1280 g/mol. The van der Waals surface area contributed by atoms with Gasteiger partial charge in [-0.2, -0.15) is 0 Å². The zero-order valence-corrected chi connectivity index (χ0v) is 52.2. The number of fused-ring (bicyclic) bond motifs is 3. The fourth-order valence-corrected chi connectivity index (χ4v) is 13.7. The highest BCUT2D eigenvalue weighted by Gasteiger charge is 2.56. The molecule has 12 heterocycles. The van der Waals surface area contributed by atoms with E-state index in [1.165, 1.54) is 6.07 Å². The van der Waals surface area contributed by atoms with Gasteiger partial charge in [0, 0.05) is 125 Å². The summed E-state index contributed by atoms with van der Waals surface area (Å²) < 4.78 is 23.8. The quantitative estimate of drug-likeness (QED) is 0.227. The number of benzene rings is 3. The third kappa shape index (κ3) is 12.1. The molecule has 3 atom stereocenters. The molecule has 3 unspecified atom stereocenters. The van der Waals surface area contributed by atoms with Crippen LogP contribution in [0.2, 0.25) is 0 Å². The molecule has 0 bridgehead atoms. The fourth-order valence-electron chi connectivity index (χ4n) is 13.7. The Labute approximate surface area is 532 Å². The summed E-state index contributed by atoms with van der Waals surface area (Å²) in [5, 5.41) is 13.0. The van der Waals surface area contributed by atoms with Crippen molar-refractivity contribution in [3.8, 4) is 0 Å². The van der Waals surface area contributed by atoms with Crippen LogP contribution in [-0.4, -0.2) is 215 Å². The summed E-state index contributed by atoms with van der Waals surface area (Å²) >= 11 is 0. The standard InChI is InChI=1S/C23H26N4O6.C18H18N4O4.C13H9FN2O4.C10H18N2O2/c1-22(2,3)33-21(32)26-11-23(12-26)9-25(10-23)13-4-5-14-15(8-13)20(31)27(19(14)30)16-6-7-17(28)24-18(16)29;23-14-4-3-13(15(24)20-14)22-16(25)11-2-1-10(5-12(11)17(22)26)21-8-18(9-21)6-19-7-18;14-6-1-2-7-8(5-6)13(20)16(12(7)19)9-3-4-10(17)15-11(9)18;1-9(2,3)14-8(13)12-6-10(7-12)4-11-5-10/h4-5,8,16H,6-7,9-12H2,1-3H3,(H,24,28,29);1-2,5,13,19H,3-4,6-9H2,(H,20,23,24);1-2,5,9H,3-4H2,(H,15,17,18);11H,4-7H2,1-3H3. The molecule has 3 spiro atoms. The summed E-state index contributed by atoms with van der Waals surface area (Å²) in [5.74, 6) is -7.02. The molecule has 28 nitrogen and oxygen atoms in total. The Bertz CT molecular complexity index is 3800. The van der Waals surface area contributed by atoms with Crippen LogP contribution in [0.5, 0.6) is 0 Å². The maximum atomic E-state index is 13.2. The number of halogens is 1. The first kappa shape index (κ1) is 63.6. The second-order valence-electron chi connectivity index (χ2n) is 28.1. The van der Waals surface area contributed by atoms with Gasteiger partial charge in [0.15, 0.2) is 0 Å². The van der Waals surface area contributed by atoms with Crippen LogP contribution in [0.4, 0.5) is 25.4 Å². The average molecular weight is 1280 g/mol. The van der Waals surface area contributed by atoms with Gasteiger partial charge in [0.1, 0.15) is 35.1 Å². The number of piperidine rings is 3. The lowest BCUT2D eigenvalue weighted by molar-refractivity contribution is -0.137. The summed E-state index contributed by atoms with van der Waals surface area (Å²) in [5.41, 5.74) is 2.82. The lowest BCUT2D eigenvalue weighted by Gasteiger charge is -2.60. The van der Waals surface area contributed by atoms with E-state index < -0.39 is 94.5 Å². The number of rotatable bonds is 5. The number of likely N-dealkylation sites (tertiary alicyclic amines) is 2. The normalized spacial score (nSPS) is 24.2. The molecule has 3 aromatic rings. The first-order valence-corrected chi connectivity index (χ1v) is 30.9. The van der Waals surface area contributed by atoms with Crippen LogP contribution in [0, 0.1) is 22.1 Å². The molecule has 3 aromatic carbocycles. The van der Waals surface area contributed by atoms with Crippen molar-refractivity contribution >= 4 is 94.4 Å². The molecule has 29 heteroatoms. The molecule has 12 aliphatic heterocycles. The van der Waals surface area contributed by atoms with Crippen LogP contribution in [0.25, 0.3) is 0 Å². The Morgan fingerprint density at radius 3 is 1.04 bits per heavy atom. The molecule has 93 heavy (non-hydrogen) atoms. The maximum absolute atomic E-state index is 13.2. The maximum Gasteiger partial charge on any atom is 0.410 e. The molecule has 14 amide bonds. The van der Waals surface area contributed by atoms with Gasteiger partial charge in [0.2, 0.25) is 35.4 Å². The predicted molar refractivity (Wildman–Crippen MR) is 322 cm³/mol. The number of ether oxygens (including phenoxy) is 2. The van der Waals surface area contributed by atoms with Gasteiger partial charge in [-0.05, 0) is 115 Å².